The van der Waals surface area contributed by atoms with Crippen molar-refractivity contribution in [3.05, 3.63) is 34.9 Å². The Kier molecular flexibility index (Phi) is 1.12. The summed E-state index contributed by atoms with van der Waals surface area (Å²) in [6, 6.07) is 2.25. The van der Waals surface area contributed by atoms with Crippen molar-refractivity contribution in [1.82, 2.24) is 0 Å². The summed E-state index contributed by atoms with van der Waals surface area (Å²) >= 11 is 0. The molecule has 0 saturated heterocycles. The Hall–Kier alpha value is -0.740. The number of hydrogen-bond donors (Lipinski definition) is 0. The van der Waals surface area contributed by atoms with E-state index in [4.69, 9.17) is 0 Å². The minimum atomic E-state index is 0.895. The van der Waals surface area contributed by atoms with Gasteiger partial charge in [-0.2, -0.15) is 0 Å². The van der Waals surface area contributed by atoms with Crippen molar-refractivity contribution in [2.75, 3.05) is 0 Å². The normalized spacial score (nSPS) is 15.1. The van der Waals surface area contributed by atoms with Crippen LogP contribution >= 0.6 is 8.19 Å². The Bertz CT molecular complexity index is 315. The van der Waals surface area contributed by atoms with Gasteiger partial charge in [-0.25, -0.2) is 0 Å². The van der Waals surface area contributed by atoms with Gasteiger partial charge in [0.25, 0.3) is 0 Å². The Morgan fingerprint density at radius 3 is 2.90 bits per heavy atom. The van der Waals surface area contributed by atoms with Gasteiger partial charge in [-0.05, 0) is 34.7 Å². The smallest absolute Gasteiger partial charge is 0.000965 e. The van der Waals surface area contributed by atoms with E-state index in [1.165, 1.54) is 21.7 Å². The van der Waals surface area contributed by atoms with Gasteiger partial charge in [0.15, 0.2) is 0 Å². The fourth-order valence-electron chi connectivity index (χ4n) is 1.28. The summed E-state index contributed by atoms with van der Waals surface area (Å²) in [5.74, 6) is 0. The Labute approximate surface area is 62.4 Å². The third kappa shape index (κ3) is 0.693. The van der Waals surface area contributed by atoms with Crippen LogP contribution in [0.2, 0.25) is 0 Å². The molecular weight excluding hydrogens is 139 g/mol. The Morgan fingerprint density at radius 2 is 2.20 bits per heavy atom. The van der Waals surface area contributed by atoms with E-state index in [0.717, 1.165) is 8.19 Å². The number of hydrogen-bond acceptors (Lipinski definition) is 0. The zero-order valence-corrected chi connectivity index (χ0v) is 6.94. The summed E-state index contributed by atoms with van der Waals surface area (Å²) in [4.78, 5) is 0. The number of rotatable bonds is 0. The molecule has 0 fully saturated rings. The van der Waals surface area contributed by atoms with Gasteiger partial charge in [-0.1, -0.05) is 18.7 Å². The zero-order valence-electron chi connectivity index (χ0n) is 5.94. The predicted molar refractivity (Wildman–Crippen MR) is 48.7 cm³/mol. The van der Waals surface area contributed by atoms with E-state index >= 15 is 0 Å². The molecule has 2 rings (SSSR count). The molecule has 0 N–H and O–H groups in total. The first-order valence-corrected chi connectivity index (χ1v) is 4.34. The van der Waals surface area contributed by atoms with Gasteiger partial charge < -0.3 is 0 Å². The molecule has 10 heavy (non-hydrogen) atoms. The average Bonchev–Trinajstić information content (AvgIpc) is 2.35. The van der Waals surface area contributed by atoms with Crippen LogP contribution in [0.1, 0.15) is 16.2 Å². The lowest BCUT2D eigenvalue weighted by molar-refractivity contribution is 1.62. The fraction of sp³-hybridized carbons (Fsp3) is 0.111. The van der Waals surface area contributed by atoms with Gasteiger partial charge in [0, 0.05) is 0 Å². The monoisotopic (exact) mass is 148 g/mol. The predicted octanol–water partition coefficient (Wildman–Crippen LogP) is 3.07. The molecule has 0 aromatic carbocycles. The van der Waals surface area contributed by atoms with E-state index < -0.39 is 0 Å². The lowest BCUT2D eigenvalue weighted by Crippen LogP contribution is -1.67. The van der Waals surface area contributed by atoms with Gasteiger partial charge >= 0.3 is 0 Å². The van der Waals surface area contributed by atoms with Gasteiger partial charge in [0.05, 0.1) is 0 Å². The van der Waals surface area contributed by atoms with E-state index in [-0.39, 0.29) is 0 Å². The molecule has 1 unspecified atom stereocenters. The molecule has 0 nitrogen and oxygen atoms in total. The van der Waals surface area contributed by atoms with E-state index in [2.05, 4.69) is 31.7 Å². The molecule has 1 aliphatic rings. The molecule has 1 aromatic heterocycles. The topological polar surface area (TPSA) is 0 Å². The van der Waals surface area contributed by atoms with Gasteiger partial charge in [-0.3, -0.25) is 0 Å². The maximum Gasteiger partial charge on any atom is -0.000965 e. The quantitative estimate of drug-likeness (QED) is 0.530. The van der Waals surface area contributed by atoms with Crippen LogP contribution in [-0.2, 0) is 0 Å². The molecule has 0 spiro atoms. The third-order valence-corrected chi connectivity index (χ3v) is 3.02. The first-order valence-electron chi connectivity index (χ1n) is 3.34. The molecule has 0 radical (unpaired) electrons. The van der Waals surface area contributed by atoms with Crippen molar-refractivity contribution in [2.24, 2.45) is 0 Å². The molecule has 1 atom stereocenters. The second kappa shape index (κ2) is 1.87. The average molecular weight is 148 g/mol. The number of aryl methyl sites for hydroxylation is 1. The number of fused-ring (bicyclic) bond motifs is 1. The van der Waals surface area contributed by atoms with Crippen molar-refractivity contribution in [3.8, 4) is 0 Å². The van der Waals surface area contributed by atoms with Crippen LogP contribution in [0.4, 0.5) is 0 Å². The zero-order chi connectivity index (χ0) is 7.14. The largest absolute Gasteiger partial charge is 0.129 e. The second-order valence-electron chi connectivity index (χ2n) is 2.64. The molecule has 0 amide bonds. The number of allylic oxidation sites excluding steroid dienone is 2. The first-order chi connectivity index (χ1) is 4.77. The van der Waals surface area contributed by atoms with Crippen LogP contribution in [-0.4, -0.2) is 0 Å². The highest BCUT2D eigenvalue weighted by Gasteiger charge is 2.09. The molecule has 50 valence electrons. The van der Waals surface area contributed by atoms with Crippen LogP contribution < -0.4 is 0 Å². The molecular formula is C9H9P. The maximum atomic E-state index is 3.95. The minimum absolute atomic E-state index is 0.895. The van der Waals surface area contributed by atoms with Crippen molar-refractivity contribution in [2.45, 2.75) is 6.92 Å². The molecule has 0 saturated carbocycles. The second-order valence-corrected chi connectivity index (χ2v) is 4.22. The van der Waals surface area contributed by atoms with E-state index in [1.807, 2.05) is 0 Å². The molecule has 0 bridgehead atoms. The highest BCUT2D eigenvalue weighted by atomic mass is 31.0. The van der Waals surface area contributed by atoms with Crippen LogP contribution in [0.3, 0.4) is 0 Å². The van der Waals surface area contributed by atoms with Crippen molar-refractivity contribution in [3.63, 3.8) is 0 Å². The lowest BCUT2D eigenvalue weighted by atomic mass is 10.2. The minimum Gasteiger partial charge on any atom is -0.129 e. The standard InChI is InChI=1S/C9H9P/c1-6-3-4-9-8(6)5-7(2)10-9/h3-5,10H,1H2,2H3. The van der Waals surface area contributed by atoms with E-state index in [9.17, 15) is 0 Å². The third-order valence-electron chi connectivity index (χ3n) is 1.78. The molecule has 1 heterocycles. The summed E-state index contributed by atoms with van der Waals surface area (Å²) in [6.07, 6.45) is 4.28. The highest BCUT2D eigenvalue weighted by Crippen LogP contribution is 2.37. The van der Waals surface area contributed by atoms with Crippen LogP contribution in [0.25, 0.3) is 11.6 Å². The van der Waals surface area contributed by atoms with Gasteiger partial charge in [0.2, 0.25) is 0 Å². The summed E-state index contributed by atoms with van der Waals surface area (Å²) in [5, 5.41) is 2.96. The van der Waals surface area contributed by atoms with Crippen molar-refractivity contribution < 1.29 is 0 Å². The highest BCUT2D eigenvalue weighted by molar-refractivity contribution is 7.33. The van der Waals surface area contributed by atoms with Crippen molar-refractivity contribution in [1.29, 1.82) is 0 Å². The van der Waals surface area contributed by atoms with Crippen LogP contribution in [0, 0.1) is 6.92 Å². The summed E-state index contributed by atoms with van der Waals surface area (Å²) in [6.45, 7) is 6.12. The summed E-state index contributed by atoms with van der Waals surface area (Å²) in [5.41, 5.74) is 2.55. The Balaban J connectivity index is 2.68. The molecule has 1 aromatic rings. The molecule has 1 aliphatic carbocycles. The summed E-state index contributed by atoms with van der Waals surface area (Å²) < 4.78 is 0. The fourth-order valence-corrected chi connectivity index (χ4v) is 2.46. The van der Waals surface area contributed by atoms with Gasteiger partial charge in [0.1, 0.15) is 0 Å². The molecule has 1 heteroatoms. The van der Waals surface area contributed by atoms with Crippen molar-refractivity contribution >= 4 is 19.8 Å². The maximum absolute atomic E-state index is 3.95. The first kappa shape index (κ1) is 6.00. The van der Waals surface area contributed by atoms with Gasteiger partial charge in [-0.15, -0.1) is 8.19 Å². The SMILES string of the molecule is C=C1C=Cc2[pH]c(C)cc21. The Morgan fingerprint density at radius 1 is 1.40 bits per heavy atom. The van der Waals surface area contributed by atoms with E-state index in [1.54, 1.807) is 0 Å². The van der Waals surface area contributed by atoms with Crippen LogP contribution in [0.15, 0.2) is 18.7 Å². The molecule has 0 aliphatic heterocycles. The van der Waals surface area contributed by atoms with Crippen LogP contribution in [0.5, 0.6) is 0 Å². The lowest BCUT2D eigenvalue weighted by Gasteiger charge is -1.87. The summed E-state index contributed by atoms with van der Waals surface area (Å²) in [7, 11) is 0.895. The van der Waals surface area contributed by atoms with E-state index in [0.29, 0.717) is 0 Å².